The van der Waals surface area contributed by atoms with Gasteiger partial charge in [-0.05, 0) is 26.0 Å². The van der Waals surface area contributed by atoms with Crippen LogP contribution in [-0.4, -0.2) is 15.7 Å². The fraction of sp³-hybridized carbons (Fsp3) is 0.462. The first kappa shape index (κ1) is 13.1. The quantitative estimate of drug-likeness (QED) is 0.809. The van der Waals surface area contributed by atoms with Gasteiger partial charge in [-0.25, -0.2) is 4.79 Å². The first-order chi connectivity index (χ1) is 8.70. The molecule has 2 aromatic heterocycles. The van der Waals surface area contributed by atoms with Gasteiger partial charge in [0.1, 0.15) is 0 Å². The van der Waals surface area contributed by atoms with Crippen molar-refractivity contribution in [1.82, 2.24) is 14.5 Å². The molecule has 2 rings (SSSR count). The SMILES string of the molecule is CCn1ccn(CCNCc2ccc(C)s2)c1=O. The maximum Gasteiger partial charge on any atom is 0.328 e. The molecule has 5 heteroatoms. The maximum atomic E-state index is 11.8. The van der Waals surface area contributed by atoms with Crippen molar-refractivity contribution in [2.45, 2.75) is 33.5 Å². The van der Waals surface area contributed by atoms with Crippen LogP contribution in [0.5, 0.6) is 0 Å². The van der Waals surface area contributed by atoms with E-state index < -0.39 is 0 Å². The van der Waals surface area contributed by atoms with Gasteiger partial charge in [-0.15, -0.1) is 11.3 Å². The number of nitrogens with zero attached hydrogens (tertiary/aromatic N) is 2. The zero-order valence-electron chi connectivity index (χ0n) is 10.8. The number of hydrogen-bond acceptors (Lipinski definition) is 3. The zero-order valence-corrected chi connectivity index (χ0v) is 11.7. The Morgan fingerprint density at radius 2 is 2.06 bits per heavy atom. The Labute approximate surface area is 111 Å². The molecule has 0 aliphatic heterocycles. The van der Waals surface area contributed by atoms with E-state index in [1.165, 1.54) is 9.75 Å². The predicted molar refractivity (Wildman–Crippen MR) is 75.1 cm³/mol. The molecule has 0 saturated carbocycles. The van der Waals surface area contributed by atoms with Gasteiger partial charge in [0, 0.05) is 48.3 Å². The lowest BCUT2D eigenvalue weighted by molar-refractivity contribution is 0.573. The van der Waals surface area contributed by atoms with Gasteiger partial charge in [0.15, 0.2) is 0 Å². The molecule has 0 saturated heterocycles. The van der Waals surface area contributed by atoms with Crippen molar-refractivity contribution in [2.24, 2.45) is 0 Å². The summed E-state index contributed by atoms with van der Waals surface area (Å²) in [5.41, 5.74) is 0.0752. The molecule has 0 aliphatic rings. The van der Waals surface area contributed by atoms with Gasteiger partial charge >= 0.3 is 5.69 Å². The van der Waals surface area contributed by atoms with Crippen molar-refractivity contribution >= 4 is 11.3 Å². The molecule has 0 spiro atoms. The molecule has 1 N–H and O–H groups in total. The normalized spacial score (nSPS) is 11.0. The van der Waals surface area contributed by atoms with E-state index in [-0.39, 0.29) is 5.69 Å². The number of aromatic nitrogens is 2. The van der Waals surface area contributed by atoms with Crippen molar-refractivity contribution in [3.05, 3.63) is 44.8 Å². The highest BCUT2D eigenvalue weighted by Crippen LogP contribution is 2.14. The highest BCUT2D eigenvalue weighted by Gasteiger charge is 2.01. The summed E-state index contributed by atoms with van der Waals surface area (Å²) in [4.78, 5) is 14.4. The van der Waals surface area contributed by atoms with Crippen LogP contribution in [0, 0.1) is 6.92 Å². The third-order valence-corrected chi connectivity index (χ3v) is 3.88. The number of imidazole rings is 1. The van der Waals surface area contributed by atoms with E-state index in [0.29, 0.717) is 0 Å². The minimum atomic E-state index is 0.0752. The van der Waals surface area contributed by atoms with Crippen LogP contribution in [0.15, 0.2) is 29.3 Å². The average molecular weight is 265 g/mol. The van der Waals surface area contributed by atoms with E-state index in [4.69, 9.17) is 0 Å². The molecule has 0 bridgehead atoms. The zero-order chi connectivity index (χ0) is 13.0. The Kier molecular flexibility index (Phi) is 4.38. The van der Waals surface area contributed by atoms with Gasteiger partial charge in [-0.2, -0.15) is 0 Å². The molecule has 0 unspecified atom stereocenters. The molecule has 0 aliphatic carbocycles. The van der Waals surface area contributed by atoms with Gasteiger partial charge in [-0.3, -0.25) is 9.13 Å². The van der Waals surface area contributed by atoms with Crippen LogP contribution in [0.3, 0.4) is 0 Å². The lowest BCUT2D eigenvalue weighted by Crippen LogP contribution is -2.28. The van der Waals surface area contributed by atoms with E-state index in [0.717, 1.165) is 26.2 Å². The van der Waals surface area contributed by atoms with Crippen LogP contribution in [0.25, 0.3) is 0 Å². The van der Waals surface area contributed by atoms with Crippen molar-refractivity contribution in [2.75, 3.05) is 6.54 Å². The van der Waals surface area contributed by atoms with E-state index in [2.05, 4.69) is 24.4 Å². The highest BCUT2D eigenvalue weighted by atomic mass is 32.1. The summed E-state index contributed by atoms with van der Waals surface area (Å²) in [6, 6.07) is 4.28. The molecule has 2 aromatic rings. The van der Waals surface area contributed by atoms with Crippen molar-refractivity contribution in [3.63, 3.8) is 0 Å². The minimum absolute atomic E-state index is 0.0752. The topological polar surface area (TPSA) is 39.0 Å². The van der Waals surface area contributed by atoms with Gasteiger partial charge in [0.05, 0.1) is 0 Å². The van der Waals surface area contributed by atoms with E-state index >= 15 is 0 Å². The van der Waals surface area contributed by atoms with Crippen LogP contribution in [0.2, 0.25) is 0 Å². The third kappa shape index (κ3) is 3.11. The Balaban J connectivity index is 1.78. The molecule has 0 radical (unpaired) electrons. The Bertz CT molecular complexity index is 553. The van der Waals surface area contributed by atoms with Crippen LogP contribution >= 0.6 is 11.3 Å². The van der Waals surface area contributed by atoms with Gasteiger partial charge < -0.3 is 5.32 Å². The van der Waals surface area contributed by atoms with Crippen LogP contribution in [-0.2, 0) is 19.6 Å². The Morgan fingerprint density at radius 1 is 1.28 bits per heavy atom. The number of nitrogens with one attached hydrogen (secondary N) is 1. The second kappa shape index (κ2) is 6.02. The Hall–Kier alpha value is -1.33. The number of aryl methyl sites for hydroxylation is 2. The first-order valence-electron chi connectivity index (χ1n) is 6.22. The molecular weight excluding hydrogens is 246 g/mol. The van der Waals surface area contributed by atoms with Gasteiger partial charge in [-0.1, -0.05) is 0 Å². The minimum Gasteiger partial charge on any atom is -0.310 e. The highest BCUT2D eigenvalue weighted by molar-refractivity contribution is 7.11. The standard InChI is InChI=1S/C13H19N3OS/c1-3-15-8-9-16(13(15)17)7-6-14-10-12-5-4-11(2)18-12/h4-5,8-9,14H,3,6-7,10H2,1-2H3. The smallest absolute Gasteiger partial charge is 0.310 e. The van der Waals surface area contributed by atoms with E-state index in [1.807, 2.05) is 30.7 Å². The average Bonchev–Trinajstić information content (AvgIpc) is 2.92. The summed E-state index contributed by atoms with van der Waals surface area (Å²) < 4.78 is 3.46. The number of rotatable bonds is 6. The maximum absolute atomic E-state index is 11.8. The van der Waals surface area contributed by atoms with Crippen LogP contribution < -0.4 is 11.0 Å². The van der Waals surface area contributed by atoms with E-state index in [9.17, 15) is 4.79 Å². The van der Waals surface area contributed by atoms with Crippen molar-refractivity contribution < 1.29 is 0 Å². The largest absolute Gasteiger partial charge is 0.328 e. The molecule has 0 fully saturated rings. The molecule has 4 nitrogen and oxygen atoms in total. The lowest BCUT2D eigenvalue weighted by Gasteiger charge is -2.03. The molecule has 2 heterocycles. The predicted octanol–water partition coefficient (Wildman–Crippen LogP) is 1.83. The van der Waals surface area contributed by atoms with Crippen molar-refractivity contribution in [3.8, 4) is 0 Å². The fourth-order valence-electron chi connectivity index (χ4n) is 1.86. The summed E-state index contributed by atoms with van der Waals surface area (Å²) in [5.74, 6) is 0. The van der Waals surface area contributed by atoms with Crippen molar-refractivity contribution in [1.29, 1.82) is 0 Å². The lowest BCUT2D eigenvalue weighted by atomic mass is 10.4. The fourth-order valence-corrected chi connectivity index (χ4v) is 2.72. The summed E-state index contributed by atoms with van der Waals surface area (Å²) in [7, 11) is 0. The molecule has 18 heavy (non-hydrogen) atoms. The number of hydrogen-bond donors (Lipinski definition) is 1. The molecular formula is C13H19N3OS. The van der Waals surface area contributed by atoms with Gasteiger partial charge in [0.25, 0.3) is 0 Å². The summed E-state index contributed by atoms with van der Waals surface area (Å²) in [5, 5.41) is 3.36. The molecule has 98 valence electrons. The second-order valence-corrected chi connectivity index (χ2v) is 5.62. The first-order valence-corrected chi connectivity index (χ1v) is 7.04. The third-order valence-electron chi connectivity index (χ3n) is 2.88. The summed E-state index contributed by atoms with van der Waals surface area (Å²) >= 11 is 1.81. The monoisotopic (exact) mass is 265 g/mol. The van der Waals surface area contributed by atoms with Crippen LogP contribution in [0.1, 0.15) is 16.7 Å². The molecule has 0 atom stereocenters. The molecule has 0 amide bonds. The van der Waals surface area contributed by atoms with Crippen LogP contribution in [0.4, 0.5) is 0 Å². The summed E-state index contributed by atoms with van der Waals surface area (Å²) in [6.07, 6.45) is 3.69. The van der Waals surface area contributed by atoms with Gasteiger partial charge in [0.2, 0.25) is 0 Å². The molecule has 0 aromatic carbocycles. The van der Waals surface area contributed by atoms with E-state index in [1.54, 1.807) is 9.13 Å². The number of thiophene rings is 1. The second-order valence-electron chi connectivity index (χ2n) is 4.25. The Morgan fingerprint density at radius 3 is 2.67 bits per heavy atom. The summed E-state index contributed by atoms with van der Waals surface area (Å²) in [6.45, 7) is 7.22.